The van der Waals surface area contributed by atoms with E-state index in [0.717, 1.165) is 5.57 Å². The number of anilines is 1. The number of ether oxygens (including phenoxy) is 2. The number of rotatable bonds is 4. The Morgan fingerprint density at radius 3 is 2.67 bits per heavy atom. The van der Waals surface area contributed by atoms with Crippen LogP contribution in [0.3, 0.4) is 0 Å². The molecule has 0 radical (unpaired) electrons. The minimum atomic E-state index is -1.00. The van der Waals surface area contributed by atoms with E-state index in [1.165, 1.54) is 7.11 Å². The van der Waals surface area contributed by atoms with Gasteiger partial charge in [-0.25, -0.2) is 0 Å². The summed E-state index contributed by atoms with van der Waals surface area (Å²) in [5.74, 6) is 0.721. The van der Waals surface area contributed by atoms with Crippen molar-refractivity contribution in [3.05, 3.63) is 29.8 Å². The zero-order chi connectivity index (χ0) is 15.8. The first-order valence-electron chi connectivity index (χ1n) is 6.62. The molecule has 0 saturated carbocycles. The summed E-state index contributed by atoms with van der Waals surface area (Å²) in [7, 11) is 1.50. The quantitative estimate of drug-likeness (QED) is 0.631. The third kappa shape index (κ3) is 2.63. The number of aldehydes is 1. The second kappa shape index (κ2) is 5.24. The molecule has 2 rings (SSSR count). The predicted octanol–water partition coefficient (Wildman–Crippen LogP) is 2.59. The highest BCUT2D eigenvalue weighted by Crippen LogP contribution is 2.45. The van der Waals surface area contributed by atoms with Gasteiger partial charge in [-0.1, -0.05) is 12.2 Å². The third-order valence-electron chi connectivity index (χ3n) is 3.25. The monoisotopic (exact) mass is 289 g/mol. The van der Waals surface area contributed by atoms with E-state index >= 15 is 0 Å². The molecule has 0 aliphatic carbocycles. The molecule has 1 aliphatic heterocycles. The van der Waals surface area contributed by atoms with Crippen molar-refractivity contribution in [2.75, 3.05) is 18.6 Å². The lowest BCUT2D eigenvalue weighted by Crippen LogP contribution is -2.53. The number of fused-ring (bicyclic) bond motifs is 1. The molecule has 0 saturated heterocycles. The summed E-state index contributed by atoms with van der Waals surface area (Å²) in [6, 6.07) is 3.22. The molecule has 0 spiro atoms. The number of methoxy groups -OCH3 is 1. The van der Waals surface area contributed by atoms with Gasteiger partial charge in [-0.2, -0.15) is 0 Å². The summed E-state index contributed by atoms with van der Waals surface area (Å²) in [5.41, 5.74) is 0.790. The van der Waals surface area contributed by atoms with Gasteiger partial charge in [0.05, 0.1) is 12.8 Å². The second-order valence-corrected chi connectivity index (χ2v) is 5.65. The fraction of sp³-hybridized carbons (Fsp3) is 0.375. The van der Waals surface area contributed by atoms with Crippen LogP contribution in [-0.2, 0) is 4.79 Å². The first-order valence-corrected chi connectivity index (χ1v) is 6.62. The smallest absolute Gasteiger partial charge is 0.270 e. The lowest BCUT2D eigenvalue weighted by Gasteiger charge is -2.39. The van der Waals surface area contributed by atoms with Gasteiger partial charge in [-0.15, -0.1) is 0 Å². The van der Waals surface area contributed by atoms with Crippen LogP contribution in [0.5, 0.6) is 11.5 Å². The van der Waals surface area contributed by atoms with Gasteiger partial charge in [0.15, 0.2) is 17.1 Å². The summed E-state index contributed by atoms with van der Waals surface area (Å²) in [4.78, 5) is 25.2. The van der Waals surface area contributed by atoms with Crippen LogP contribution in [0.1, 0.15) is 31.1 Å². The van der Waals surface area contributed by atoms with E-state index < -0.39 is 5.60 Å². The van der Waals surface area contributed by atoms with E-state index in [1.807, 2.05) is 6.92 Å². The maximum Gasteiger partial charge on any atom is 0.270 e. The van der Waals surface area contributed by atoms with Crippen LogP contribution in [0, 0.1) is 0 Å². The Morgan fingerprint density at radius 1 is 1.48 bits per heavy atom. The van der Waals surface area contributed by atoms with E-state index in [2.05, 4.69) is 6.58 Å². The molecule has 0 fully saturated rings. The minimum absolute atomic E-state index is 0.178. The Bertz CT molecular complexity index is 619. The Balaban J connectivity index is 2.67. The Labute approximate surface area is 124 Å². The summed E-state index contributed by atoms with van der Waals surface area (Å²) < 4.78 is 11.1. The third-order valence-corrected chi connectivity index (χ3v) is 3.25. The van der Waals surface area contributed by atoms with Crippen molar-refractivity contribution < 1.29 is 19.1 Å². The van der Waals surface area contributed by atoms with Gasteiger partial charge in [-0.3, -0.25) is 9.59 Å². The molecule has 112 valence electrons. The molecule has 5 heteroatoms. The van der Waals surface area contributed by atoms with E-state index in [9.17, 15) is 9.59 Å². The largest absolute Gasteiger partial charge is 0.493 e. The van der Waals surface area contributed by atoms with Crippen molar-refractivity contribution in [3.63, 3.8) is 0 Å². The number of hydrogen-bond donors (Lipinski definition) is 0. The molecule has 1 amide bonds. The molecule has 1 aromatic carbocycles. The van der Waals surface area contributed by atoms with Crippen molar-refractivity contribution in [1.29, 1.82) is 0 Å². The van der Waals surface area contributed by atoms with Gasteiger partial charge < -0.3 is 14.4 Å². The Hall–Kier alpha value is -2.30. The van der Waals surface area contributed by atoms with Crippen LogP contribution >= 0.6 is 0 Å². The molecule has 0 bridgehead atoms. The molecule has 0 atom stereocenters. The van der Waals surface area contributed by atoms with Gasteiger partial charge in [0.25, 0.3) is 5.91 Å². The number of amides is 1. The average molecular weight is 289 g/mol. The zero-order valence-electron chi connectivity index (χ0n) is 12.7. The lowest BCUT2D eigenvalue weighted by molar-refractivity contribution is -0.132. The number of nitrogens with zero attached hydrogens (tertiary/aromatic N) is 1. The number of carbonyl (C=O) groups is 2. The Morgan fingerprint density at radius 2 is 2.14 bits per heavy atom. The Kier molecular flexibility index (Phi) is 3.77. The average Bonchev–Trinajstić information content (AvgIpc) is 2.42. The van der Waals surface area contributed by atoms with Crippen LogP contribution in [0.15, 0.2) is 24.3 Å². The van der Waals surface area contributed by atoms with Crippen LogP contribution in [0.4, 0.5) is 5.69 Å². The first kappa shape index (κ1) is 15.1. The van der Waals surface area contributed by atoms with Gasteiger partial charge >= 0.3 is 0 Å². The molecule has 1 aliphatic rings. The molecule has 0 aromatic heterocycles. The van der Waals surface area contributed by atoms with Crippen molar-refractivity contribution in [1.82, 2.24) is 0 Å². The van der Waals surface area contributed by atoms with E-state index in [-0.39, 0.29) is 5.91 Å². The number of benzene rings is 1. The predicted molar refractivity (Wildman–Crippen MR) is 80.3 cm³/mol. The first-order chi connectivity index (χ1) is 9.80. The molecule has 21 heavy (non-hydrogen) atoms. The van der Waals surface area contributed by atoms with Gasteiger partial charge in [0.2, 0.25) is 0 Å². The summed E-state index contributed by atoms with van der Waals surface area (Å²) in [5, 5.41) is 0. The van der Waals surface area contributed by atoms with Gasteiger partial charge in [0.1, 0.15) is 6.29 Å². The van der Waals surface area contributed by atoms with Crippen LogP contribution in [0.25, 0.3) is 0 Å². The molecule has 0 unspecified atom stereocenters. The summed E-state index contributed by atoms with van der Waals surface area (Å²) in [6.07, 6.45) is 0.714. The minimum Gasteiger partial charge on any atom is -0.493 e. The fourth-order valence-electron chi connectivity index (χ4n) is 2.29. The van der Waals surface area contributed by atoms with E-state index in [4.69, 9.17) is 9.47 Å². The number of carbonyl (C=O) groups excluding carboxylic acids is 2. The van der Waals surface area contributed by atoms with Crippen LogP contribution in [-0.4, -0.2) is 31.4 Å². The molecule has 0 N–H and O–H groups in total. The van der Waals surface area contributed by atoms with Gasteiger partial charge in [0, 0.05) is 12.1 Å². The zero-order valence-corrected chi connectivity index (χ0v) is 12.7. The molecule has 1 heterocycles. The van der Waals surface area contributed by atoms with Gasteiger partial charge in [-0.05, 0) is 32.9 Å². The molecule has 5 nitrogen and oxygen atoms in total. The van der Waals surface area contributed by atoms with Crippen molar-refractivity contribution in [3.8, 4) is 11.5 Å². The molecular weight excluding hydrogens is 270 g/mol. The highest BCUT2D eigenvalue weighted by atomic mass is 16.5. The maximum atomic E-state index is 12.6. The second-order valence-electron chi connectivity index (χ2n) is 5.65. The molecular formula is C16H19NO4. The lowest BCUT2D eigenvalue weighted by atomic mass is 10.0. The van der Waals surface area contributed by atoms with Crippen LogP contribution in [0.2, 0.25) is 0 Å². The summed E-state index contributed by atoms with van der Waals surface area (Å²) in [6.45, 7) is 9.47. The number of hydrogen-bond acceptors (Lipinski definition) is 4. The fourth-order valence-corrected chi connectivity index (χ4v) is 2.29. The standard InChI is InChI=1S/C16H19NO4/c1-10(2)8-17-12-6-11(9-18)7-13(20-5)14(12)21-16(3,4)15(17)19/h6-7,9H,1,8H2,2-5H3. The summed E-state index contributed by atoms with van der Waals surface area (Å²) >= 11 is 0. The van der Waals surface area contributed by atoms with Crippen molar-refractivity contribution in [2.45, 2.75) is 26.4 Å². The SMILES string of the molecule is C=C(C)CN1C(=O)C(C)(C)Oc2c(OC)cc(C=O)cc21. The highest BCUT2D eigenvalue weighted by Gasteiger charge is 2.42. The maximum absolute atomic E-state index is 12.6. The van der Waals surface area contributed by atoms with E-state index in [0.29, 0.717) is 35.6 Å². The molecule has 1 aromatic rings. The van der Waals surface area contributed by atoms with E-state index in [1.54, 1.807) is 30.9 Å². The topological polar surface area (TPSA) is 55.8 Å². The normalized spacial score (nSPS) is 16.0. The highest BCUT2D eigenvalue weighted by molar-refractivity contribution is 6.04. The van der Waals surface area contributed by atoms with Crippen molar-refractivity contribution >= 4 is 17.9 Å². The van der Waals surface area contributed by atoms with Crippen LogP contribution < -0.4 is 14.4 Å². The van der Waals surface area contributed by atoms with Crippen molar-refractivity contribution in [2.24, 2.45) is 0 Å².